The first-order chi connectivity index (χ1) is 7.85. The van der Waals surface area contributed by atoms with Gasteiger partial charge in [-0.25, -0.2) is 18.9 Å². The van der Waals surface area contributed by atoms with Crippen molar-refractivity contribution in [2.75, 3.05) is 13.1 Å². The van der Waals surface area contributed by atoms with E-state index < -0.39 is 34.9 Å². The minimum absolute atomic E-state index is 0.0992. The highest BCUT2D eigenvalue weighted by molar-refractivity contribution is 5.86. The number of aliphatic carboxylic acids is 2. The lowest BCUT2D eigenvalue weighted by atomic mass is 10.1. The third kappa shape index (κ3) is 3.13. The molecule has 0 saturated carbocycles. The molecule has 0 bridgehead atoms. The molecule has 2 N–H and O–H groups in total. The minimum atomic E-state index is -1.21. The van der Waals surface area contributed by atoms with Gasteiger partial charge in [0.05, 0.1) is 6.54 Å². The average molecular weight is 244 g/mol. The van der Waals surface area contributed by atoms with Crippen molar-refractivity contribution in [3.8, 4) is 0 Å². The van der Waals surface area contributed by atoms with Crippen molar-refractivity contribution in [2.45, 2.75) is 26.3 Å². The minimum Gasteiger partial charge on any atom is -0.477 e. The Bertz CT molecular complexity index is 339. The van der Waals surface area contributed by atoms with Gasteiger partial charge in [-0.05, 0) is 6.92 Å². The number of nitrogens with zero attached hydrogens (tertiary/aromatic N) is 1. The summed E-state index contributed by atoms with van der Waals surface area (Å²) in [5.74, 6) is -2.96. The van der Waals surface area contributed by atoms with Crippen molar-refractivity contribution < 1.29 is 29.1 Å². The molecular formula is C11H18NO5+. The summed E-state index contributed by atoms with van der Waals surface area (Å²) in [6.45, 7) is 6.06. The lowest BCUT2D eigenvalue weighted by Gasteiger charge is -2.37. The van der Waals surface area contributed by atoms with Crippen molar-refractivity contribution >= 4 is 17.8 Å². The molecular weight excluding hydrogens is 226 g/mol. The zero-order chi connectivity index (χ0) is 13.6. The highest BCUT2D eigenvalue weighted by Crippen LogP contribution is 2.18. The van der Waals surface area contributed by atoms with Crippen LogP contribution in [0.15, 0.2) is 12.7 Å². The van der Waals surface area contributed by atoms with Crippen LogP contribution in [0.1, 0.15) is 20.3 Å². The van der Waals surface area contributed by atoms with Gasteiger partial charge in [-0.2, -0.15) is 0 Å². The van der Waals surface area contributed by atoms with Gasteiger partial charge in [0.25, 0.3) is 0 Å². The monoisotopic (exact) mass is 244 g/mol. The molecule has 0 aliphatic carbocycles. The predicted octanol–water partition coefficient (Wildman–Crippen LogP) is 0.483. The zero-order valence-electron chi connectivity index (χ0n) is 10.0. The number of carbonyl (C=O) groups is 3. The number of amides is 1. The Morgan fingerprint density at radius 1 is 1.29 bits per heavy atom. The van der Waals surface area contributed by atoms with Crippen molar-refractivity contribution in [2.24, 2.45) is 0 Å². The smallest absolute Gasteiger partial charge is 0.363 e. The molecule has 0 aromatic carbocycles. The van der Waals surface area contributed by atoms with Gasteiger partial charge >= 0.3 is 17.8 Å². The summed E-state index contributed by atoms with van der Waals surface area (Å²) in [7, 11) is 0. The molecule has 0 saturated heterocycles. The largest absolute Gasteiger partial charge is 0.477 e. The highest BCUT2D eigenvalue weighted by atomic mass is 16.4. The topological polar surface area (TPSA) is 91.7 Å². The summed E-state index contributed by atoms with van der Waals surface area (Å²) in [4.78, 5) is 33.8. The maximum absolute atomic E-state index is 11.8. The van der Waals surface area contributed by atoms with Crippen LogP contribution in [0.3, 0.4) is 0 Å². The summed E-state index contributed by atoms with van der Waals surface area (Å²) < 4.78 is -0.634. The lowest BCUT2D eigenvalue weighted by Crippen LogP contribution is -2.63. The van der Waals surface area contributed by atoms with E-state index in [0.717, 1.165) is 6.08 Å². The van der Waals surface area contributed by atoms with Crippen molar-refractivity contribution in [3.05, 3.63) is 12.7 Å². The van der Waals surface area contributed by atoms with Gasteiger partial charge in [-0.15, -0.1) is 0 Å². The molecule has 96 valence electrons. The molecule has 0 aromatic heterocycles. The molecule has 0 fully saturated rings. The first kappa shape index (κ1) is 15.3. The molecule has 0 rings (SSSR count). The number of hydrogen-bond acceptors (Lipinski definition) is 3. The first-order valence-electron chi connectivity index (χ1n) is 5.34. The van der Waals surface area contributed by atoms with Crippen molar-refractivity contribution in [3.63, 3.8) is 0 Å². The third-order valence-corrected chi connectivity index (χ3v) is 2.86. The second-order valence-corrected chi connectivity index (χ2v) is 3.71. The molecule has 0 spiro atoms. The van der Waals surface area contributed by atoms with E-state index in [1.54, 1.807) is 13.8 Å². The van der Waals surface area contributed by atoms with Gasteiger partial charge in [0.2, 0.25) is 0 Å². The van der Waals surface area contributed by atoms with Crippen LogP contribution in [0, 0.1) is 0 Å². The van der Waals surface area contributed by atoms with Gasteiger partial charge < -0.3 is 10.2 Å². The summed E-state index contributed by atoms with van der Waals surface area (Å²) in [5, 5.41) is 18.0. The van der Waals surface area contributed by atoms with Gasteiger partial charge in [0.15, 0.2) is 12.6 Å². The van der Waals surface area contributed by atoms with E-state index in [1.807, 2.05) is 0 Å². The maximum Gasteiger partial charge on any atom is 0.363 e. The maximum atomic E-state index is 11.8. The normalized spacial score (nSPS) is 15.6. The number of carboxylic acids is 2. The molecule has 0 heterocycles. The van der Waals surface area contributed by atoms with Crippen LogP contribution in [-0.2, 0) is 14.4 Å². The third-order valence-electron chi connectivity index (χ3n) is 2.86. The average Bonchev–Trinajstić information content (AvgIpc) is 2.26. The molecule has 2 unspecified atom stereocenters. The van der Waals surface area contributed by atoms with Crippen LogP contribution in [-0.4, -0.2) is 51.7 Å². The molecule has 0 aromatic rings. The Morgan fingerprint density at radius 2 is 1.82 bits per heavy atom. The van der Waals surface area contributed by atoms with E-state index in [0.29, 0.717) is 0 Å². The Kier molecular flexibility index (Phi) is 5.53. The van der Waals surface area contributed by atoms with E-state index in [9.17, 15) is 14.4 Å². The molecule has 0 radical (unpaired) electrons. The number of hydrogen-bond donors (Lipinski definition) is 2. The van der Waals surface area contributed by atoms with Crippen molar-refractivity contribution in [1.29, 1.82) is 0 Å². The summed E-state index contributed by atoms with van der Waals surface area (Å²) in [6, 6.07) is -1.07. The fraction of sp³-hybridized carbons (Fsp3) is 0.545. The molecule has 0 aliphatic rings. The second kappa shape index (κ2) is 6.15. The molecule has 6 heteroatoms. The molecule has 6 nitrogen and oxygen atoms in total. The van der Waals surface area contributed by atoms with Crippen LogP contribution < -0.4 is 0 Å². The number of quaternary nitrogens is 1. The predicted molar refractivity (Wildman–Crippen MR) is 60.2 cm³/mol. The summed E-state index contributed by atoms with van der Waals surface area (Å²) >= 11 is 0. The fourth-order valence-corrected chi connectivity index (χ4v) is 1.99. The Hall–Kier alpha value is -1.69. The zero-order valence-corrected chi connectivity index (χ0v) is 10.0. The Morgan fingerprint density at radius 3 is 2.06 bits per heavy atom. The number of likely N-dealkylation sites (N-methyl/N-ethyl adjacent to an activating group) is 1. The van der Waals surface area contributed by atoms with E-state index in [4.69, 9.17) is 10.2 Å². The highest BCUT2D eigenvalue weighted by Gasteiger charge is 2.46. The van der Waals surface area contributed by atoms with Crippen LogP contribution in [0.4, 0.5) is 0 Å². The molecule has 1 amide bonds. The van der Waals surface area contributed by atoms with Crippen LogP contribution >= 0.6 is 0 Å². The van der Waals surface area contributed by atoms with Crippen LogP contribution in [0.25, 0.3) is 0 Å². The molecule has 0 aliphatic heterocycles. The number of carbonyl (C=O) groups excluding carboxylic acids is 1. The first-order valence-corrected chi connectivity index (χ1v) is 5.34. The van der Waals surface area contributed by atoms with Crippen LogP contribution in [0.2, 0.25) is 0 Å². The standard InChI is InChI=1S/C11H17NO5/c1-4-8(11(16)17)12(6-3,7-10(14)15)9(13)5-2/h5,8H,2,4,6-7H2,1,3H3,(H-,14,15,16,17)/p+1. The quantitative estimate of drug-likeness (QED) is 0.502. The number of carboxylic acid groups (broad SMARTS) is 2. The second-order valence-electron chi connectivity index (χ2n) is 3.71. The summed E-state index contributed by atoms with van der Waals surface area (Å²) in [5.41, 5.74) is 0. The van der Waals surface area contributed by atoms with Gasteiger partial charge in [-0.1, -0.05) is 13.5 Å². The Labute approximate surface area is 99.7 Å². The van der Waals surface area contributed by atoms with E-state index in [1.165, 1.54) is 0 Å². The van der Waals surface area contributed by atoms with E-state index >= 15 is 0 Å². The van der Waals surface area contributed by atoms with E-state index in [2.05, 4.69) is 6.58 Å². The van der Waals surface area contributed by atoms with E-state index in [-0.39, 0.29) is 13.0 Å². The Balaban J connectivity index is 5.59. The van der Waals surface area contributed by atoms with Crippen LogP contribution in [0.5, 0.6) is 0 Å². The molecule has 17 heavy (non-hydrogen) atoms. The summed E-state index contributed by atoms with van der Waals surface area (Å²) in [6.07, 6.45) is 1.16. The SMILES string of the molecule is C=CC(=O)[N+](CC)(CC(=O)O)C(CC)C(=O)O. The fourth-order valence-electron chi connectivity index (χ4n) is 1.99. The molecule has 2 atom stereocenters. The number of rotatable bonds is 7. The van der Waals surface area contributed by atoms with Gasteiger partial charge in [0, 0.05) is 12.5 Å². The lowest BCUT2D eigenvalue weighted by molar-refractivity contribution is -0.860. The van der Waals surface area contributed by atoms with Gasteiger partial charge in [0.1, 0.15) is 0 Å². The van der Waals surface area contributed by atoms with Gasteiger partial charge in [-0.3, -0.25) is 0 Å². The van der Waals surface area contributed by atoms with Crippen molar-refractivity contribution in [1.82, 2.24) is 0 Å².